The first kappa shape index (κ1) is 10.6. The maximum atomic E-state index is 11.2. The molecule has 2 aromatic heterocycles. The molecule has 0 N–H and O–H groups in total. The number of esters is 1. The van der Waals surface area contributed by atoms with Crippen molar-refractivity contribution in [3.05, 3.63) is 35.4 Å². The minimum absolute atomic E-state index is 0.0130. The Morgan fingerprint density at radius 1 is 1.44 bits per heavy atom. The van der Waals surface area contributed by atoms with Gasteiger partial charge in [-0.05, 0) is 12.1 Å². The molecule has 7 heteroatoms. The number of carbonyl (C=O) groups is 1. The highest BCUT2D eigenvalue weighted by atomic mass is 35.5. The van der Waals surface area contributed by atoms with Gasteiger partial charge in [0.1, 0.15) is 0 Å². The number of carbonyl (C=O) groups excluding carboxylic acids is 1. The standard InChI is InChI=1S/C9H7ClN4O2/c1-16-9(15)7-8(10)14(13-12-7)6-2-4-11-5-3-6/h2-5H,1H3. The lowest BCUT2D eigenvalue weighted by Crippen LogP contribution is -2.03. The Bertz CT molecular complexity index is 511. The van der Waals surface area contributed by atoms with Crippen molar-refractivity contribution in [3.8, 4) is 5.69 Å². The van der Waals surface area contributed by atoms with Crippen LogP contribution in [0.2, 0.25) is 5.15 Å². The molecule has 2 heterocycles. The molecular weight excluding hydrogens is 232 g/mol. The van der Waals surface area contributed by atoms with E-state index in [-0.39, 0.29) is 10.8 Å². The summed E-state index contributed by atoms with van der Waals surface area (Å²) in [6.45, 7) is 0. The summed E-state index contributed by atoms with van der Waals surface area (Å²) in [5.41, 5.74) is 0.656. The lowest BCUT2D eigenvalue weighted by molar-refractivity contribution is 0.0594. The minimum Gasteiger partial charge on any atom is -0.464 e. The number of aromatic nitrogens is 4. The van der Waals surface area contributed by atoms with Crippen LogP contribution in [0.3, 0.4) is 0 Å². The lowest BCUT2D eigenvalue weighted by atomic mass is 10.4. The summed E-state index contributed by atoms with van der Waals surface area (Å²) in [7, 11) is 1.25. The van der Waals surface area contributed by atoms with Crippen molar-refractivity contribution in [2.45, 2.75) is 0 Å². The van der Waals surface area contributed by atoms with E-state index in [1.54, 1.807) is 24.5 Å². The van der Waals surface area contributed by atoms with Crippen molar-refractivity contribution >= 4 is 17.6 Å². The minimum atomic E-state index is -0.620. The fourth-order valence-electron chi connectivity index (χ4n) is 1.14. The number of hydrogen-bond donors (Lipinski definition) is 0. The fourth-order valence-corrected chi connectivity index (χ4v) is 1.39. The van der Waals surface area contributed by atoms with E-state index in [2.05, 4.69) is 20.0 Å². The van der Waals surface area contributed by atoms with Crippen molar-refractivity contribution in [3.63, 3.8) is 0 Å². The second-order valence-corrected chi connectivity index (χ2v) is 3.20. The van der Waals surface area contributed by atoms with Crippen molar-refractivity contribution in [1.29, 1.82) is 0 Å². The number of halogens is 1. The first-order chi connectivity index (χ1) is 7.74. The Balaban J connectivity index is 2.45. The molecule has 0 radical (unpaired) electrons. The van der Waals surface area contributed by atoms with Gasteiger partial charge in [0.25, 0.3) is 0 Å². The third kappa shape index (κ3) is 1.74. The molecule has 0 spiro atoms. The molecule has 2 rings (SSSR count). The molecule has 6 nitrogen and oxygen atoms in total. The molecule has 0 bridgehead atoms. The third-order valence-corrected chi connectivity index (χ3v) is 2.24. The zero-order valence-corrected chi connectivity index (χ0v) is 9.05. The quantitative estimate of drug-likeness (QED) is 0.733. The zero-order chi connectivity index (χ0) is 11.5. The predicted octanol–water partition coefficient (Wildman–Crippen LogP) is 1.10. The van der Waals surface area contributed by atoms with Crippen LogP contribution in [-0.4, -0.2) is 33.1 Å². The summed E-state index contributed by atoms with van der Waals surface area (Å²) < 4.78 is 5.84. The van der Waals surface area contributed by atoms with Gasteiger partial charge in [0.2, 0.25) is 5.69 Å². The van der Waals surface area contributed by atoms with Crippen LogP contribution in [0.5, 0.6) is 0 Å². The number of nitrogens with zero attached hydrogens (tertiary/aromatic N) is 4. The summed E-state index contributed by atoms with van der Waals surface area (Å²) in [5, 5.41) is 7.52. The average molecular weight is 239 g/mol. The summed E-state index contributed by atoms with van der Waals surface area (Å²) in [4.78, 5) is 15.1. The summed E-state index contributed by atoms with van der Waals surface area (Å²) in [5.74, 6) is -0.620. The number of pyridine rings is 1. The Hall–Kier alpha value is -1.95. The molecule has 16 heavy (non-hydrogen) atoms. The number of rotatable bonds is 2. The van der Waals surface area contributed by atoms with E-state index in [4.69, 9.17) is 11.6 Å². The van der Waals surface area contributed by atoms with Crippen LogP contribution in [0.15, 0.2) is 24.5 Å². The topological polar surface area (TPSA) is 69.9 Å². The Morgan fingerprint density at radius 2 is 2.12 bits per heavy atom. The SMILES string of the molecule is COC(=O)c1nnn(-c2ccncc2)c1Cl. The molecule has 0 atom stereocenters. The van der Waals surface area contributed by atoms with Gasteiger partial charge in [-0.1, -0.05) is 16.8 Å². The summed E-state index contributed by atoms with van der Waals surface area (Å²) in [6, 6.07) is 3.39. The third-order valence-electron chi connectivity index (χ3n) is 1.90. The van der Waals surface area contributed by atoms with Crippen molar-refractivity contribution in [2.75, 3.05) is 7.11 Å². The summed E-state index contributed by atoms with van der Waals surface area (Å²) in [6.07, 6.45) is 3.18. The van der Waals surface area contributed by atoms with Crippen LogP contribution in [0.4, 0.5) is 0 Å². The Labute approximate surface area is 95.8 Å². The van der Waals surface area contributed by atoms with Crippen LogP contribution in [0.25, 0.3) is 5.69 Å². The van der Waals surface area contributed by atoms with Crippen molar-refractivity contribution in [2.24, 2.45) is 0 Å². The van der Waals surface area contributed by atoms with E-state index in [1.807, 2.05) is 0 Å². The van der Waals surface area contributed by atoms with E-state index >= 15 is 0 Å². The summed E-state index contributed by atoms with van der Waals surface area (Å²) >= 11 is 5.95. The Kier molecular flexibility index (Phi) is 2.82. The molecule has 0 saturated carbocycles. The molecule has 82 valence electrons. The number of ether oxygens (including phenoxy) is 1. The normalized spacial score (nSPS) is 10.1. The highest BCUT2D eigenvalue weighted by Crippen LogP contribution is 2.17. The maximum Gasteiger partial charge on any atom is 0.361 e. The van der Waals surface area contributed by atoms with Crippen LogP contribution in [0.1, 0.15) is 10.5 Å². The van der Waals surface area contributed by atoms with Crippen LogP contribution in [0, 0.1) is 0 Å². The van der Waals surface area contributed by atoms with Gasteiger partial charge in [-0.15, -0.1) is 5.10 Å². The van der Waals surface area contributed by atoms with Gasteiger partial charge in [-0.3, -0.25) is 4.98 Å². The van der Waals surface area contributed by atoms with Crippen molar-refractivity contribution < 1.29 is 9.53 Å². The molecule has 0 amide bonds. The van der Waals surface area contributed by atoms with Gasteiger partial charge in [-0.2, -0.15) is 0 Å². The van der Waals surface area contributed by atoms with E-state index < -0.39 is 5.97 Å². The molecule has 0 unspecified atom stereocenters. The van der Waals surface area contributed by atoms with Gasteiger partial charge in [0.05, 0.1) is 12.8 Å². The fraction of sp³-hybridized carbons (Fsp3) is 0.111. The average Bonchev–Trinajstić information content (AvgIpc) is 2.71. The zero-order valence-electron chi connectivity index (χ0n) is 8.29. The second-order valence-electron chi connectivity index (χ2n) is 2.84. The largest absolute Gasteiger partial charge is 0.464 e. The molecule has 0 aliphatic heterocycles. The first-order valence-corrected chi connectivity index (χ1v) is 4.71. The molecule has 0 aliphatic carbocycles. The van der Waals surface area contributed by atoms with Gasteiger partial charge in [0, 0.05) is 12.4 Å². The van der Waals surface area contributed by atoms with Gasteiger partial charge in [-0.25, -0.2) is 9.48 Å². The second kappa shape index (κ2) is 4.28. The van der Waals surface area contributed by atoms with E-state index in [9.17, 15) is 4.79 Å². The molecule has 2 aromatic rings. The monoisotopic (exact) mass is 238 g/mol. The first-order valence-electron chi connectivity index (χ1n) is 4.34. The Morgan fingerprint density at radius 3 is 2.75 bits per heavy atom. The maximum absolute atomic E-state index is 11.2. The molecule has 0 saturated heterocycles. The highest BCUT2D eigenvalue weighted by molar-refractivity contribution is 6.32. The van der Waals surface area contributed by atoms with Crippen molar-refractivity contribution in [1.82, 2.24) is 20.0 Å². The smallest absolute Gasteiger partial charge is 0.361 e. The van der Waals surface area contributed by atoms with Gasteiger partial charge in [0.15, 0.2) is 5.15 Å². The molecule has 0 fully saturated rings. The predicted molar refractivity (Wildman–Crippen MR) is 55.5 cm³/mol. The molecule has 0 aliphatic rings. The molecule has 0 aromatic carbocycles. The van der Waals surface area contributed by atoms with Crippen LogP contribution < -0.4 is 0 Å². The van der Waals surface area contributed by atoms with Crippen LogP contribution >= 0.6 is 11.6 Å². The number of hydrogen-bond acceptors (Lipinski definition) is 5. The molecular formula is C9H7ClN4O2. The van der Waals surface area contributed by atoms with E-state index in [0.29, 0.717) is 5.69 Å². The lowest BCUT2D eigenvalue weighted by Gasteiger charge is -2.00. The number of methoxy groups -OCH3 is 1. The van der Waals surface area contributed by atoms with E-state index in [0.717, 1.165) is 0 Å². The van der Waals surface area contributed by atoms with Crippen LogP contribution in [-0.2, 0) is 4.74 Å². The van der Waals surface area contributed by atoms with E-state index in [1.165, 1.54) is 11.8 Å². The van der Waals surface area contributed by atoms with Gasteiger partial charge >= 0.3 is 5.97 Å². The van der Waals surface area contributed by atoms with Gasteiger partial charge < -0.3 is 4.74 Å². The highest BCUT2D eigenvalue weighted by Gasteiger charge is 2.19.